The monoisotopic (exact) mass is 434 g/mol. The lowest BCUT2D eigenvalue weighted by molar-refractivity contribution is -0.114. The molecule has 1 heterocycles. The SMILES string of the molecule is CCCCNC(=O)c1ccc(NC(=O)CNc2cccc(NC(=O)c3ccco3)c2)cc1. The van der Waals surface area contributed by atoms with Gasteiger partial charge in [0.1, 0.15) is 0 Å². The summed E-state index contributed by atoms with van der Waals surface area (Å²) in [7, 11) is 0. The van der Waals surface area contributed by atoms with Gasteiger partial charge in [0.15, 0.2) is 5.76 Å². The Morgan fingerprint density at radius 2 is 1.62 bits per heavy atom. The molecule has 0 aliphatic carbocycles. The third-order valence-corrected chi connectivity index (χ3v) is 4.57. The van der Waals surface area contributed by atoms with Crippen LogP contribution in [0.3, 0.4) is 0 Å². The van der Waals surface area contributed by atoms with Crippen molar-refractivity contribution in [3.05, 3.63) is 78.3 Å². The number of furan rings is 1. The predicted octanol–water partition coefficient (Wildman–Crippen LogP) is 4.11. The van der Waals surface area contributed by atoms with Gasteiger partial charge in [-0.2, -0.15) is 0 Å². The van der Waals surface area contributed by atoms with E-state index in [2.05, 4.69) is 28.2 Å². The molecule has 2 aromatic carbocycles. The molecule has 166 valence electrons. The Kier molecular flexibility index (Phi) is 8.02. The second kappa shape index (κ2) is 11.4. The van der Waals surface area contributed by atoms with Gasteiger partial charge in [-0.1, -0.05) is 19.4 Å². The Morgan fingerprint density at radius 1 is 0.844 bits per heavy atom. The number of hydrogen-bond donors (Lipinski definition) is 4. The van der Waals surface area contributed by atoms with E-state index in [0.717, 1.165) is 12.8 Å². The first-order valence-electron chi connectivity index (χ1n) is 10.4. The molecule has 32 heavy (non-hydrogen) atoms. The van der Waals surface area contributed by atoms with Crippen molar-refractivity contribution >= 4 is 34.8 Å². The Balaban J connectivity index is 1.47. The summed E-state index contributed by atoms with van der Waals surface area (Å²) in [4.78, 5) is 36.4. The largest absolute Gasteiger partial charge is 0.459 e. The van der Waals surface area contributed by atoms with E-state index in [1.807, 2.05) is 0 Å². The lowest BCUT2D eigenvalue weighted by atomic mass is 10.2. The predicted molar refractivity (Wildman–Crippen MR) is 124 cm³/mol. The molecule has 3 rings (SSSR count). The van der Waals surface area contributed by atoms with Crippen molar-refractivity contribution in [1.82, 2.24) is 5.32 Å². The molecule has 0 saturated carbocycles. The lowest BCUT2D eigenvalue weighted by Gasteiger charge is -2.10. The zero-order chi connectivity index (χ0) is 22.8. The summed E-state index contributed by atoms with van der Waals surface area (Å²) < 4.78 is 5.07. The average Bonchev–Trinajstić information content (AvgIpc) is 3.34. The highest BCUT2D eigenvalue weighted by atomic mass is 16.3. The minimum Gasteiger partial charge on any atom is -0.459 e. The summed E-state index contributed by atoms with van der Waals surface area (Å²) in [5.74, 6) is -0.508. The number of anilines is 3. The zero-order valence-electron chi connectivity index (χ0n) is 17.8. The summed E-state index contributed by atoms with van der Waals surface area (Å²) in [5.41, 5.74) is 2.40. The maximum atomic E-state index is 12.3. The number of hydrogen-bond acceptors (Lipinski definition) is 5. The van der Waals surface area contributed by atoms with Gasteiger partial charge in [0.25, 0.3) is 11.8 Å². The number of rotatable bonds is 10. The van der Waals surface area contributed by atoms with E-state index >= 15 is 0 Å². The van der Waals surface area contributed by atoms with E-state index < -0.39 is 0 Å². The molecule has 0 aliphatic rings. The van der Waals surface area contributed by atoms with E-state index in [4.69, 9.17) is 4.42 Å². The van der Waals surface area contributed by atoms with Gasteiger partial charge in [0, 0.05) is 29.2 Å². The van der Waals surface area contributed by atoms with Crippen LogP contribution in [0.15, 0.2) is 71.3 Å². The number of amides is 3. The van der Waals surface area contributed by atoms with Gasteiger partial charge in [-0.3, -0.25) is 14.4 Å². The van der Waals surface area contributed by atoms with Crippen LogP contribution in [0.1, 0.15) is 40.7 Å². The number of benzene rings is 2. The normalized spacial score (nSPS) is 10.3. The number of carbonyl (C=O) groups is 3. The summed E-state index contributed by atoms with van der Waals surface area (Å²) in [6, 6.07) is 17.0. The van der Waals surface area contributed by atoms with Crippen LogP contribution in [-0.4, -0.2) is 30.8 Å². The fraction of sp³-hybridized carbons (Fsp3) is 0.208. The van der Waals surface area contributed by atoms with E-state index in [9.17, 15) is 14.4 Å². The highest BCUT2D eigenvalue weighted by Gasteiger charge is 2.10. The lowest BCUT2D eigenvalue weighted by Crippen LogP contribution is -2.24. The number of carbonyl (C=O) groups excluding carboxylic acids is 3. The second-order valence-electron chi connectivity index (χ2n) is 7.10. The zero-order valence-corrected chi connectivity index (χ0v) is 17.8. The van der Waals surface area contributed by atoms with Crippen LogP contribution in [0.25, 0.3) is 0 Å². The van der Waals surface area contributed by atoms with Crippen LogP contribution in [0, 0.1) is 0 Å². The minimum absolute atomic E-state index is 0.0365. The van der Waals surface area contributed by atoms with Crippen LogP contribution in [-0.2, 0) is 4.79 Å². The molecule has 1 aromatic heterocycles. The third kappa shape index (κ3) is 6.73. The molecular weight excluding hydrogens is 408 g/mol. The van der Waals surface area contributed by atoms with Crippen molar-refractivity contribution in [2.45, 2.75) is 19.8 Å². The van der Waals surface area contributed by atoms with Gasteiger partial charge in [-0.25, -0.2) is 0 Å². The Labute approximate surface area is 186 Å². The van der Waals surface area contributed by atoms with Gasteiger partial charge in [-0.15, -0.1) is 0 Å². The number of nitrogens with one attached hydrogen (secondary N) is 4. The molecule has 4 N–H and O–H groups in total. The molecule has 0 aliphatic heterocycles. The summed E-state index contributed by atoms with van der Waals surface area (Å²) in [6.07, 6.45) is 3.39. The molecule has 3 aromatic rings. The molecule has 0 bridgehead atoms. The van der Waals surface area contributed by atoms with Gasteiger partial charge < -0.3 is 25.7 Å². The molecule has 0 atom stereocenters. The average molecular weight is 434 g/mol. The summed E-state index contributed by atoms with van der Waals surface area (Å²) in [5, 5.41) is 11.4. The second-order valence-corrected chi connectivity index (χ2v) is 7.10. The van der Waals surface area contributed by atoms with E-state index in [0.29, 0.717) is 29.2 Å². The van der Waals surface area contributed by atoms with Crippen molar-refractivity contribution < 1.29 is 18.8 Å². The van der Waals surface area contributed by atoms with Gasteiger partial charge >= 0.3 is 0 Å². The molecule has 0 fully saturated rings. The minimum atomic E-state index is -0.354. The van der Waals surface area contributed by atoms with Crippen molar-refractivity contribution in [2.75, 3.05) is 29.0 Å². The maximum absolute atomic E-state index is 12.3. The quantitative estimate of drug-likeness (QED) is 0.359. The summed E-state index contributed by atoms with van der Waals surface area (Å²) >= 11 is 0. The van der Waals surface area contributed by atoms with Crippen LogP contribution >= 0.6 is 0 Å². The van der Waals surface area contributed by atoms with E-state index in [-0.39, 0.29) is 30.0 Å². The molecule has 0 unspecified atom stereocenters. The van der Waals surface area contributed by atoms with Gasteiger partial charge in [0.05, 0.1) is 12.8 Å². The van der Waals surface area contributed by atoms with Crippen LogP contribution in [0.2, 0.25) is 0 Å². The van der Waals surface area contributed by atoms with E-state index in [1.165, 1.54) is 6.26 Å². The summed E-state index contributed by atoms with van der Waals surface area (Å²) in [6.45, 7) is 2.75. The fourth-order valence-corrected chi connectivity index (χ4v) is 2.88. The molecule has 0 spiro atoms. The first-order chi connectivity index (χ1) is 15.5. The molecule has 0 radical (unpaired) electrons. The molecule has 8 nitrogen and oxygen atoms in total. The highest BCUT2D eigenvalue weighted by molar-refractivity contribution is 6.02. The topological polar surface area (TPSA) is 112 Å². The smallest absolute Gasteiger partial charge is 0.291 e. The molecule has 0 saturated heterocycles. The van der Waals surface area contributed by atoms with Crippen LogP contribution < -0.4 is 21.3 Å². The van der Waals surface area contributed by atoms with Crippen molar-refractivity contribution in [1.29, 1.82) is 0 Å². The first kappa shape index (κ1) is 22.6. The Hall–Kier alpha value is -4.07. The third-order valence-electron chi connectivity index (χ3n) is 4.57. The van der Waals surface area contributed by atoms with Crippen molar-refractivity contribution in [3.8, 4) is 0 Å². The maximum Gasteiger partial charge on any atom is 0.291 e. The first-order valence-corrected chi connectivity index (χ1v) is 10.4. The molecule has 3 amide bonds. The van der Waals surface area contributed by atoms with Crippen LogP contribution in [0.5, 0.6) is 0 Å². The molecule has 8 heteroatoms. The van der Waals surface area contributed by atoms with Gasteiger partial charge in [-0.05, 0) is 61.0 Å². The molecular formula is C24H26N4O4. The van der Waals surface area contributed by atoms with Crippen LogP contribution in [0.4, 0.5) is 17.1 Å². The fourth-order valence-electron chi connectivity index (χ4n) is 2.88. The van der Waals surface area contributed by atoms with Crippen molar-refractivity contribution in [2.24, 2.45) is 0 Å². The van der Waals surface area contributed by atoms with Crippen molar-refractivity contribution in [3.63, 3.8) is 0 Å². The Morgan fingerprint density at radius 3 is 2.34 bits per heavy atom. The van der Waals surface area contributed by atoms with Gasteiger partial charge in [0.2, 0.25) is 5.91 Å². The number of unbranched alkanes of at least 4 members (excludes halogenated alkanes) is 1. The Bertz CT molecular complexity index is 1050. The van der Waals surface area contributed by atoms with E-state index in [1.54, 1.807) is 60.7 Å². The highest BCUT2D eigenvalue weighted by Crippen LogP contribution is 2.16. The standard InChI is InChI=1S/C24H26N4O4/c1-2-3-13-25-23(30)17-9-11-18(12-10-17)27-22(29)16-26-19-6-4-7-20(15-19)28-24(31)21-8-5-14-32-21/h4-12,14-15,26H,2-3,13,16H2,1H3,(H,25,30)(H,27,29)(H,28,31).